The molecule has 0 unspecified atom stereocenters. The van der Waals surface area contributed by atoms with E-state index in [4.69, 9.17) is 4.74 Å². The predicted molar refractivity (Wildman–Crippen MR) is 68.6 cm³/mol. The minimum absolute atomic E-state index is 0.792. The molecular weight excluding hydrogens is 196 g/mol. The van der Waals surface area contributed by atoms with Crippen LogP contribution in [-0.2, 0) is 0 Å². The highest BCUT2D eigenvalue weighted by Gasteiger charge is 2.09. The summed E-state index contributed by atoms with van der Waals surface area (Å²) in [5.41, 5.74) is 1.24. The van der Waals surface area contributed by atoms with Gasteiger partial charge in [-0.15, -0.1) is 0 Å². The van der Waals surface area contributed by atoms with E-state index in [-0.39, 0.29) is 0 Å². The van der Waals surface area contributed by atoms with Crippen LogP contribution in [0.2, 0.25) is 0 Å². The molecule has 0 spiro atoms. The van der Waals surface area contributed by atoms with Gasteiger partial charge in [-0.2, -0.15) is 0 Å². The zero-order valence-corrected chi connectivity index (χ0v) is 9.99. The van der Waals surface area contributed by atoms with E-state index >= 15 is 0 Å². The van der Waals surface area contributed by atoms with Crippen molar-refractivity contribution >= 4 is 6.08 Å². The molecule has 1 saturated carbocycles. The van der Waals surface area contributed by atoms with E-state index in [0.29, 0.717) is 0 Å². The third-order valence-electron chi connectivity index (χ3n) is 3.30. The molecule has 1 fully saturated rings. The number of allylic oxidation sites excluding steroid dienone is 1. The Balaban J connectivity index is 1.98. The van der Waals surface area contributed by atoms with Crippen molar-refractivity contribution in [3.05, 3.63) is 35.9 Å². The zero-order valence-electron chi connectivity index (χ0n) is 9.99. The first-order chi connectivity index (χ1) is 7.88. The van der Waals surface area contributed by atoms with Crippen LogP contribution in [0.5, 0.6) is 5.75 Å². The molecule has 0 radical (unpaired) electrons. The smallest absolute Gasteiger partial charge is 0.119 e. The van der Waals surface area contributed by atoms with Crippen LogP contribution in [0.15, 0.2) is 30.3 Å². The van der Waals surface area contributed by atoms with Crippen LogP contribution < -0.4 is 4.74 Å². The zero-order chi connectivity index (χ0) is 11.2. The molecule has 1 nitrogen and oxygen atoms in total. The monoisotopic (exact) mass is 216 g/mol. The molecule has 2 rings (SSSR count). The van der Waals surface area contributed by atoms with E-state index in [0.717, 1.165) is 11.7 Å². The summed E-state index contributed by atoms with van der Waals surface area (Å²) in [4.78, 5) is 0. The molecule has 86 valence electrons. The molecule has 1 aliphatic carbocycles. The average molecular weight is 216 g/mol. The molecule has 0 aliphatic heterocycles. The molecule has 1 heteroatoms. The fraction of sp³-hybridized carbons (Fsp3) is 0.467. The average Bonchev–Trinajstić information content (AvgIpc) is 2.38. The maximum absolute atomic E-state index is 5.21. The Kier molecular flexibility index (Phi) is 4.03. The lowest BCUT2D eigenvalue weighted by atomic mass is 9.89. The highest BCUT2D eigenvalue weighted by Crippen LogP contribution is 2.25. The molecule has 16 heavy (non-hydrogen) atoms. The van der Waals surface area contributed by atoms with E-state index in [9.17, 15) is 0 Å². The Morgan fingerprint density at radius 2 is 2.00 bits per heavy atom. The molecule has 1 aromatic rings. The number of methoxy groups -OCH3 is 1. The highest BCUT2D eigenvalue weighted by atomic mass is 16.5. The van der Waals surface area contributed by atoms with Gasteiger partial charge < -0.3 is 4.74 Å². The molecular formula is C15H20O. The first kappa shape index (κ1) is 11.3. The Morgan fingerprint density at radius 3 is 2.75 bits per heavy atom. The lowest BCUT2D eigenvalue weighted by molar-refractivity contribution is 0.414. The first-order valence-corrected chi connectivity index (χ1v) is 6.21. The van der Waals surface area contributed by atoms with Crippen molar-refractivity contribution in [3.8, 4) is 5.75 Å². The third-order valence-corrected chi connectivity index (χ3v) is 3.30. The Labute approximate surface area is 98.1 Å². The van der Waals surface area contributed by atoms with Crippen LogP contribution in [0.1, 0.15) is 37.7 Å². The van der Waals surface area contributed by atoms with E-state index in [2.05, 4.69) is 24.3 Å². The fourth-order valence-corrected chi connectivity index (χ4v) is 2.32. The number of ether oxygens (including phenoxy) is 1. The summed E-state index contributed by atoms with van der Waals surface area (Å²) in [6, 6.07) is 8.23. The molecule has 0 heterocycles. The summed E-state index contributed by atoms with van der Waals surface area (Å²) < 4.78 is 5.21. The van der Waals surface area contributed by atoms with Crippen LogP contribution >= 0.6 is 0 Å². The molecule has 0 atom stereocenters. The standard InChI is InChI=1S/C15H20O/c1-16-15-9-5-8-14(12-15)11-10-13-6-3-2-4-7-13/h5,8-13H,2-4,6-7H2,1H3/b11-10+. The van der Waals surface area contributed by atoms with Crippen molar-refractivity contribution in [2.24, 2.45) is 5.92 Å². The van der Waals surface area contributed by atoms with Crippen LogP contribution in [0.4, 0.5) is 0 Å². The van der Waals surface area contributed by atoms with Gasteiger partial charge >= 0.3 is 0 Å². The number of hydrogen-bond donors (Lipinski definition) is 0. The molecule has 0 N–H and O–H groups in total. The maximum atomic E-state index is 5.21. The van der Waals surface area contributed by atoms with Crippen LogP contribution in [0, 0.1) is 5.92 Å². The van der Waals surface area contributed by atoms with Crippen LogP contribution in [0.3, 0.4) is 0 Å². The largest absolute Gasteiger partial charge is 0.497 e. The van der Waals surface area contributed by atoms with Gasteiger partial charge in [-0.1, -0.05) is 43.5 Å². The summed E-state index contributed by atoms with van der Waals surface area (Å²) in [7, 11) is 1.71. The van der Waals surface area contributed by atoms with Crippen LogP contribution in [0.25, 0.3) is 6.08 Å². The summed E-state index contributed by atoms with van der Waals surface area (Å²) >= 11 is 0. The van der Waals surface area contributed by atoms with Gasteiger partial charge in [0.25, 0.3) is 0 Å². The van der Waals surface area contributed by atoms with E-state index in [1.54, 1.807) is 7.11 Å². The number of hydrogen-bond acceptors (Lipinski definition) is 1. The molecule has 0 aromatic heterocycles. The molecule has 0 amide bonds. The summed E-state index contributed by atoms with van der Waals surface area (Å²) in [5.74, 6) is 1.73. The second-order valence-corrected chi connectivity index (χ2v) is 4.53. The second kappa shape index (κ2) is 5.74. The van der Waals surface area contributed by atoms with Crippen molar-refractivity contribution in [1.29, 1.82) is 0 Å². The van der Waals surface area contributed by atoms with Gasteiger partial charge in [-0.05, 0) is 36.5 Å². The lowest BCUT2D eigenvalue weighted by Gasteiger charge is -2.17. The van der Waals surface area contributed by atoms with Crippen molar-refractivity contribution < 1.29 is 4.74 Å². The normalized spacial score (nSPS) is 17.8. The van der Waals surface area contributed by atoms with Gasteiger partial charge in [-0.25, -0.2) is 0 Å². The SMILES string of the molecule is COc1cccc(/C=C/C2CCCCC2)c1. The third kappa shape index (κ3) is 3.13. The maximum Gasteiger partial charge on any atom is 0.119 e. The highest BCUT2D eigenvalue weighted by molar-refractivity contribution is 5.51. The van der Waals surface area contributed by atoms with Crippen LogP contribution in [-0.4, -0.2) is 7.11 Å². The minimum atomic E-state index is 0.792. The number of rotatable bonds is 3. The van der Waals surface area contributed by atoms with Crippen molar-refractivity contribution in [1.82, 2.24) is 0 Å². The van der Waals surface area contributed by atoms with Crippen molar-refractivity contribution in [3.63, 3.8) is 0 Å². The fourth-order valence-electron chi connectivity index (χ4n) is 2.32. The van der Waals surface area contributed by atoms with Crippen molar-refractivity contribution in [2.45, 2.75) is 32.1 Å². The summed E-state index contributed by atoms with van der Waals surface area (Å²) in [5, 5.41) is 0. The van der Waals surface area contributed by atoms with Gasteiger partial charge in [-0.3, -0.25) is 0 Å². The summed E-state index contributed by atoms with van der Waals surface area (Å²) in [6.45, 7) is 0. The van der Waals surface area contributed by atoms with E-state index < -0.39 is 0 Å². The quantitative estimate of drug-likeness (QED) is 0.732. The van der Waals surface area contributed by atoms with Gasteiger partial charge in [0.15, 0.2) is 0 Å². The van der Waals surface area contributed by atoms with Gasteiger partial charge in [0.2, 0.25) is 0 Å². The topological polar surface area (TPSA) is 9.23 Å². The van der Waals surface area contributed by atoms with Gasteiger partial charge in [0, 0.05) is 0 Å². The Bertz CT molecular complexity index is 348. The van der Waals surface area contributed by atoms with E-state index in [1.165, 1.54) is 37.7 Å². The summed E-state index contributed by atoms with van der Waals surface area (Å²) in [6.07, 6.45) is 11.5. The predicted octanol–water partition coefficient (Wildman–Crippen LogP) is 4.29. The number of benzene rings is 1. The minimum Gasteiger partial charge on any atom is -0.497 e. The van der Waals surface area contributed by atoms with Gasteiger partial charge in [0.05, 0.1) is 7.11 Å². The van der Waals surface area contributed by atoms with E-state index in [1.807, 2.05) is 12.1 Å². The molecule has 0 bridgehead atoms. The van der Waals surface area contributed by atoms with Gasteiger partial charge in [0.1, 0.15) is 5.75 Å². The first-order valence-electron chi connectivity index (χ1n) is 6.21. The Morgan fingerprint density at radius 1 is 1.19 bits per heavy atom. The second-order valence-electron chi connectivity index (χ2n) is 4.53. The molecule has 0 saturated heterocycles. The molecule has 1 aliphatic rings. The van der Waals surface area contributed by atoms with Crippen molar-refractivity contribution in [2.75, 3.05) is 7.11 Å². The lowest BCUT2D eigenvalue weighted by Crippen LogP contribution is -2.02. The Hall–Kier alpha value is -1.24. The molecule has 1 aromatic carbocycles.